The van der Waals surface area contributed by atoms with Gasteiger partial charge >= 0.3 is 0 Å². The van der Waals surface area contributed by atoms with Crippen molar-refractivity contribution in [3.05, 3.63) is 28.5 Å². The summed E-state index contributed by atoms with van der Waals surface area (Å²) in [6.45, 7) is -0.0320. The molecule has 0 spiro atoms. The molecule has 0 unspecified atom stereocenters. The molecule has 7 heteroatoms. The number of hydrogen-bond donors (Lipinski definition) is 2. The molecular formula is C10H13BrFNO3S. The maximum Gasteiger partial charge on any atom is 0.232 e. The fraction of sp³-hybridized carbons (Fsp3) is 0.400. The molecule has 0 saturated carbocycles. The number of sulfonamides is 1. The van der Waals surface area contributed by atoms with Crippen molar-refractivity contribution in [2.75, 3.05) is 17.1 Å². The van der Waals surface area contributed by atoms with E-state index in [9.17, 15) is 12.8 Å². The average Bonchev–Trinajstić information content (AvgIpc) is 2.22. The Labute approximate surface area is 108 Å². The first-order valence-corrected chi connectivity index (χ1v) is 7.45. The van der Waals surface area contributed by atoms with Gasteiger partial charge in [-0.2, -0.15) is 0 Å². The van der Waals surface area contributed by atoms with Crippen LogP contribution in [0.3, 0.4) is 0 Å². The number of anilines is 1. The minimum atomic E-state index is -3.46. The number of nitrogens with one attached hydrogen (secondary N) is 1. The second-order valence-corrected chi connectivity index (χ2v) is 6.17. The lowest BCUT2D eigenvalue weighted by atomic mass is 10.3. The van der Waals surface area contributed by atoms with Crippen LogP contribution in [0.1, 0.15) is 12.8 Å². The van der Waals surface area contributed by atoms with Crippen LogP contribution in [0.5, 0.6) is 0 Å². The van der Waals surface area contributed by atoms with Gasteiger partial charge in [-0.05, 0) is 47.0 Å². The number of halogens is 2. The highest BCUT2D eigenvalue weighted by Crippen LogP contribution is 2.24. The molecule has 17 heavy (non-hydrogen) atoms. The lowest BCUT2D eigenvalue weighted by molar-refractivity contribution is 0.287. The van der Waals surface area contributed by atoms with Crippen molar-refractivity contribution >= 4 is 31.6 Å². The van der Waals surface area contributed by atoms with Crippen LogP contribution in [0, 0.1) is 5.82 Å². The molecule has 0 heterocycles. The number of rotatable bonds is 6. The quantitative estimate of drug-likeness (QED) is 0.787. The van der Waals surface area contributed by atoms with Crippen molar-refractivity contribution in [3.63, 3.8) is 0 Å². The maximum atomic E-state index is 12.8. The summed E-state index contributed by atoms with van der Waals surface area (Å²) in [5.74, 6) is -0.516. The fourth-order valence-corrected chi connectivity index (χ4v) is 2.98. The summed E-state index contributed by atoms with van der Waals surface area (Å²) in [5.41, 5.74) is 0.301. The molecule has 0 aliphatic heterocycles. The van der Waals surface area contributed by atoms with Crippen molar-refractivity contribution in [1.82, 2.24) is 0 Å². The molecule has 0 aliphatic rings. The summed E-state index contributed by atoms with van der Waals surface area (Å²) >= 11 is 3.07. The standard InChI is InChI=1S/C10H13BrFNO3S/c11-9-7-8(12)3-4-10(9)13-17(15,16)6-2-1-5-14/h3-4,7,13-14H,1-2,5-6H2. The number of hydrogen-bond acceptors (Lipinski definition) is 3. The van der Waals surface area contributed by atoms with Crippen molar-refractivity contribution in [3.8, 4) is 0 Å². The van der Waals surface area contributed by atoms with Crippen molar-refractivity contribution in [2.45, 2.75) is 12.8 Å². The predicted octanol–water partition coefficient (Wildman–Crippen LogP) is 2.10. The number of aliphatic hydroxyl groups is 1. The lowest BCUT2D eigenvalue weighted by Gasteiger charge is -2.09. The van der Waals surface area contributed by atoms with Gasteiger partial charge in [0.05, 0.1) is 11.4 Å². The van der Waals surface area contributed by atoms with Crippen LogP contribution in [-0.2, 0) is 10.0 Å². The number of benzene rings is 1. The zero-order valence-electron chi connectivity index (χ0n) is 8.99. The topological polar surface area (TPSA) is 66.4 Å². The van der Waals surface area contributed by atoms with E-state index in [1.165, 1.54) is 18.2 Å². The Bertz CT molecular complexity index is 478. The molecule has 0 atom stereocenters. The third-order valence-electron chi connectivity index (χ3n) is 2.02. The third-order valence-corrected chi connectivity index (χ3v) is 4.03. The minimum absolute atomic E-state index is 0.0320. The van der Waals surface area contributed by atoms with Crippen molar-refractivity contribution in [1.29, 1.82) is 0 Å². The molecule has 2 N–H and O–H groups in total. The SMILES string of the molecule is O=S(=O)(CCCCO)Nc1ccc(F)cc1Br. The Balaban J connectivity index is 2.69. The molecule has 0 aliphatic carbocycles. The molecule has 1 rings (SSSR count). The highest BCUT2D eigenvalue weighted by molar-refractivity contribution is 9.10. The van der Waals surface area contributed by atoms with E-state index in [1.54, 1.807) is 0 Å². The van der Waals surface area contributed by atoms with E-state index in [4.69, 9.17) is 5.11 Å². The molecule has 1 aromatic rings. The zero-order valence-corrected chi connectivity index (χ0v) is 11.4. The van der Waals surface area contributed by atoms with Crippen LogP contribution in [0.25, 0.3) is 0 Å². The Morgan fingerprint density at radius 1 is 1.35 bits per heavy atom. The van der Waals surface area contributed by atoms with Crippen LogP contribution in [-0.4, -0.2) is 25.9 Å². The molecule has 0 fully saturated rings. The average molecular weight is 326 g/mol. The second kappa shape index (κ2) is 6.32. The van der Waals surface area contributed by atoms with Gasteiger partial charge in [-0.25, -0.2) is 12.8 Å². The van der Waals surface area contributed by atoms with Crippen LogP contribution in [0.4, 0.5) is 10.1 Å². The first kappa shape index (κ1) is 14.4. The van der Waals surface area contributed by atoms with Gasteiger partial charge in [0, 0.05) is 11.1 Å². The van der Waals surface area contributed by atoms with Gasteiger partial charge < -0.3 is 5.11 Å². The maximum absolute atomic E-state index is 12.8. The summed E-state index contributed by atoms with van der Waals surface area (Å²) < 4.78 is 38.7. The summed E-state index contributed by atoms with van der Waals surface area (Å²) in [6, 6.07) is 3.71. The smallest absolute Gasteiger partial charge is 0.232 e. The molecule has 96 valence electrons. The molecule has 4 nitrogen and oxygen atoms in total. The summed E-state index contributed by atoms with van der Waals surface area (Å²) in [4.78, 5) is 0. The van der Waals surface area contributed by atoms with Gasteiger partial charge in [0.2, 0.25) is 10.0 Å². The van der Waals surface area contributed by atoms with E-state index in [2.05, 4.69) is 20.7 Å². The van der Waals surface area contributed by atoms with Crippen LogP contribution in [0.15, 0.2) is 22.7 Å². The van der Waals surface area contributed by atoms with Crippen LogP contribution in [0.2, 0.25) is 0 Å². The van der Waals surface area contributed by atoms with Gasteiger partial charge in [-0.1, -0.05) is 0 Å². The molecule has 0 saturated heterocycles. The Kier molecular flexibility index (Phi) is 5.35. The number of aliphatic hydroxyl groups excluding tert-OH is 1. The van der Waals surface area contributed by atoms with E-state index >= 15 is 0 Å². The highest BCUT2D eigenvalue weighted by Gasteiger charge is 2.12. The van der Waals surface area contributed by atoms with Gasteiger partial charge in [0.15, 0.2) is 0 Å². The Hall–Kier alpha value is -0.660. The molecule has 0 radical (unpaired) electrons. The van der Waals surface area contributed by atoms with Crippen LogP contribution < -0.4 is 4.72 Å². The first-order valence-electron chi connectivity index (χ1n) is 5.01. The van der Waals surface area contributed by atoms with E-state index < -0.39 is 15.8 Å². The van der Waals surface area contributed by atoms with E-state index in [1.807, 2.05) is 0 Å². The van der Waals surface area contributed by atoms with Crippen molar-refractivity contribution < 1.29 is 17.9 Å². The Morgan fingerprint density at radius 3 is 2.65 bits per heavy atom. The van der Waals surface area contributed by atoms with Gasteiger partial charge in [0.25, 0.3) is 0 Å². The third kappa shape index (κ3) is 5.01. The summed E-state index contributed by atoms with van der Waals surface area (Å²) in [6.07, 6.45) is 0.816. The fourth-order valence-electron chi connectivity index (χ4n) is 1.19. The van der Waals surface area contributed by atoms with Gasteiger partial charge in [0.1, 0.15) is 5.82 Å². The normalized spacial score (nSPS) is 11.5. The van der Waals surface area contributed by atoms with Gasteiger partial charge in [-0.3, -0.25) is 4.72 Å². The van der Waals surface area contributed by atoms with E-state index in [0.29, 0.717) is 23.0 Å². The number of unbranched alkanes of at least 4 members (excludes halogenated alkanes) is 1. The van der Waals surface area contributed by atoms with E-state index in [0.717, 1.165) is 0 Å². The summed E-state index contributed by atoms with van der Waals surface area (Å²) in [5, 5.41) is 8.56. The first-order chi connectivity index (χ1) is 7.94. The minimum Gasteiger partial charge on any atom is -0.396 e. The monoisotopic (exact) mass is 325 g/mol. The predicted molar refractivity (Wildman–Crippen MR) is 67.8 cm³/mol. The molecule has 0 amide bonds. The van der Waals surface area contributed by atoms with Crippen LogP contribution >= 0.6 is 15.9 Å². The van der Waals surface area contributed by atoms with Gasteiger partial charge in [-0.15, -0.1) is 0 Å². The van der Waals surface area contributed by atoms with E-state index in [-0.39, 0.29) is 12.4 Å². The molecule has 0 bridgehead atoms. The molecule has 1 aromatic carbocycles. The highest BCUT2D eigenvalue weighted by atomic mass is 79.9. The lowest BCUT2D eigenvalue weighted by Crippen LogP contribution is -2.17. The summed E-state index contributed by atoms with van der Waals surface area (Å²) in [7, 11) is -3.46. The Morgan fingerprint density at radius 2 is 2.06 bits per heavy atom. The second-order valence-electron chi connectivity index (χ2n) is 3.48. The zero-order chi connectivity index (χ0) is 12.9. The molecule has 0 aromatic heterocycles. The molecular weight excluding hydrogens is 313 g/mol. The van der Waals surface area contributed by atoms with Crippen molar-refractivity contribution in [2.24, 2.45) is 0 Å². The largest absolute Gasteiger partial charge is 0.396 e.